The fourth-order valence-corrected chi connectivity index (χ4v) is 8.89. The van der Waals surface area contributed by atoms with E-state index in [1.54, 1.807) is 0 Å². The number of hydrogen-bond donors (Lipinski definition) is 3. The predicted molar refractivity (Wildman–Crippen MR) is 113 cm³/mol. The highest BCUT2D eigenvalue weighted by atomic mass is 35.5. The van der Waals surface area contributed by atoms with Gasteiger partial charge in [0, 0.05) is 5.88 Å². The van der Waals surface area contributed by atoms with Gasteiger partial charge in [0.1, 0.15) is 0 Å². The van der Waals surface area contributed by atoms with Gasteiger partial charge in [-0.05, 0) is 104 Å². The summed E-state index contributed by atoms with van der Waals surface area (Å²) >= 11 is 5.95. The number of hydrogen-bond acceptors (Lipinski definition) is 3. The van der Waals surface area contributed by atoms with Gasteiger partial charge in [0.25, 0.3) is 0 Å². The van der Waals surface area contributed by atoms with Gasteiger partial charge in [-0.25, -0.2) is 0 Å². The summed E-state index contributed by atoms with van der Waals surface area (Å²) in [6, 6.07) is 0. The highest BCUT2D eigenvalue weighted by Crippen LogP contribution is 2.68. The Kier molecular flexibility index (Phi) is 5.88. The molecule has 4 rings (SSSR count). The molecule has 0 bridgehead atoms. The second kappa shape index (κ2) is 7.70. The van der Waals surface area contributed by atoms with Gasteiger partial charge in [-0.2, -0.15) is 0 Å². The Labute approximate surface area is 176 Å². The van der Waals surface area contributed by atoms with Crippen molar-refractivity contribution in [3.8, 4) is 0 Å². The monoisotopic (exact) mass is 412 g/mol. The van der Waals surface area contributed by atoms with E-state index < -0.39 is 0 Å². The number of fused-ring (bicyclic) bond motifs is 5. The van der Waals surface area contributed by atoms with Crippen molar-refractivity contribution in [2.24, 2.45) is 46.3 Å². The topological polar surface area (TPSA) is 60.7 Å². The minimum Gasteiger partial charge on any atom is -0.393 e. The molecule has 0 saturated heterocycles. The van der Waals surface area contributed by atoms with E-state index in [4.69, 9.17) is 11.6 Å². The quantitative estimate of drug-likeness (QED) is 0.591. The van der Waals surface area contributed by atoms with Crippen molar-refractivity contribution in [2.45, 2.75) is 96.9 Å². The van der Waals surface area contributed by atoms with Gasteiger partial charge < -0.3 is 15.3 Å². The summed E-state index contributed by atoms with van der Waals surface area (Å²) in [6.45, 7) is 7.08. The lowest BCUT2D eigenvalue weighted by molar-refractivity contribution is -0.207. The van der Waals surface area contributed by atoms with Crippen molar-refractivity contribution in [1.29, 1.82) is 0 Å². The number of rotatable bonds is 4. The molecule has 3 nitrogen and oxygen atoms in total. The highest BCUT2D eigenvalue weighted by molar-refractivity contribution is 6.17. The molecule has 4 heteroatoms. The molecule has 0 unspecified atom stereocenters. The molecule has 11 atom stereocenters. The van der Waals surface area contributed by atoms with E-state index in [2.05, 4.69) is 20.8 Å². The van der Waals surface area contributed by atoms with E-state index in [0.717, 1.165) is 57.2 Å². The van der Waals surface area contributed by atoms with Gasteiger partial charge in [0.05, 0.1) is 18.3 Å². The zero-order valence-corrected chi connectivity index (χ0v) is 18.7. The molecule has 0 radical (unpaired) electrons. The molecule has 4 saturated carbocycles. The Bertz CT molecular complexity index is 570. The van der Waals surface area contributed by atoms with E-state index in [1.165, 1.54) is 6.42 Å². The van der Waals surface area contributed by atoms with Crippen molar-refractivity contribution >= 4 is 11.6 Å². The first kappa shape index (κ1) is 21.4. The molecule has 4 aliphatic carbocycles. The minimum absolute atomic E-state index is 0.0781. The Morgan fingerprint density at radius 2 is 1.75 bits per heavy atom. The highest BCUT2D eigenvalue weighted by Gasteiger charge is 2.65. The smallest absolute Gasteiger partial charge is 0.0602 e. The molecule has 162 valence electrons. The van der Waals surface area contributed by atoms with Crippen molar-refractivity contribution in [2.75, 3.05) is 5.88 Å². The average Bonchev–Trinajstić information content (AvgIpc) is 3.01. The van der Waals surface area contributed by atoms with Crippen molar-refractivity contribution in [1.82, 2.24) is 0 Å². The summed E-state index contributed by atoms with van der Waals surface area (Å²) < 4.78 is 0. The molecule has 0 amide bonds. The third-order valence-electron chi connectivity index (χ3n) is 10.3. The predicted octanol–water partition coefficient (Wildman–Crippen LogP) is 4.60. The van der Waals surface area contributed by atoms with Gasteiger partial charge >= 0.3 is 0 Å². The first-order valence-corrected chi connectivity index (χ1v) is 12.4. The van der Waals surface area contributed by atoms with E-state index in [0.29, 0.717) is 35.5 Å². The summed E-state index contributed by atoms with van der Waals surface area (Å²) in [4.78, 5) is 0. The molecule has 0 heterocycles. The van der Waals surface area contributed by atoms with E-state index in [9.17, 15) is 15.3 Å². The van der Waals surface area contributed by atoms with E-state index >= 15 is 0 Å². The standard InChI is InChI=1S/C24H41ClO3/c1-14(5-4-10-25)17-6-7-18-22-19(13-21(28)24(17,18)3)23(2)9-8-16(26)11-15(23)12-20(22)27/h14-22,26-28H,4-13H2,1-3H3/t14-,15+,16-,17-,18+,19+,20-,21+,22+,23+,24-/m1/s1. The SMILES string of the molecule is C[C@H](CCCCl)[C@H]1CC[C@H]2[C@@H]3[C@H](O)C[C@@H]4C[C@H](O)CC[C@]4(C)[C@H]3C[C@H](O)[C@]12C. The Morgan fingerprint density at radius 1 is 1.00 bits per heavy atom. The van der Waals surface area contributed by atoms with Crippen LogP contribution in [0.25, 0.3) is 0 Å². The molecule has 4 aliphatic rings. The maximum Gasteiger partial charge on any atom is 0.0602 e. The molecule has 0 aromatic rings. The molecule has 0 spiro atoms. The summed E-state index contributed by atoms with van der Waals surface area (Å²) in [5.41, 5.74) is 0.0824. The lowest BCUT2D eigenvalue weighted by atomic mass is 9.43. The summed E-state index contributed by atoms with van der Waals surface area (Å²) in [6.07, 6.45) is 8.15. The van der Waals surface area contributed by atoms with Crippen LogP contribution in [0.2, 0.25) is 0 Å². The Hall–Kier alpha value is 0.170. The lowest BCUT2D eigenvalue weighted by Gasteiger charge is -2.63. The summed E-state index contributed by atoms with van der Waals surface area (Å²) in [5.74, 6) is 3.34. The lowest BCUT2D eigenvalue weighted by Crippen LogP contribution is -2.62. The molecule has 28 heavy (non-hydrogen) atoms. The van der Waals surface area contributed by atoms with Gasteiger partial charge in [-0.1, -0.05) is 20.8 Å². The third kappa shape index (κ3) is 3.10. The molecule has 0 aromatic heterocycles. The first-order chi connectivity index (χ1) is 13.2. The van der Waals surface area contributed by atoms with Crippen molar-refractivity contribution in [3.63, 3.8) is 0 Å². The average molecular weight is 413 g/mol. The zero-order valence-electron chi connectivity index (χ0n) is 18.0. The van der Waals surface area contributed by atoms with Crippen molar-refractivity contribution in [3.05, 3.63) is 0 Å². The van der Waals surface area contributed by atoms with Crippen LogP contribution in [0.5, 0.6) is 0 Å². The number of halogens is 1. The second-order valence-electron chi connectivity index (χ2n) is 11.3. The number of aliphatic hydroxyl groups excluding tert-OH is 3. The van der Waals surface area contributed by atoms with Crippen LogP contribution in [-0.2, 0) is 0 Å². The molecule has 0 aliphatic heterocycles. The fourth-order valence-electron chi connectivity index (χ4n) is 8.73. The summed E-state index contributed by atoms with van der Waals surface area (Å²) in [7, 11) is 0. The minimum atomic E-state index is -0.278. The van der Waals surface area contributed by atoms with Crippen LogP contribution >= 0.6 is 11.6 Å². The van der Waals surface area contributed by atoms with Crippen LogP contribution < -0.4 is 0 Å². The molecule has 4 fully saturated rings. The van der Waals surface area contributed by atoms with Gasteiger partial charge in [0.2, 0.25) is 0 Å². The third-order valence-corrected chi connectivity index (χ3v) is 10.6. The van der Waals surface area contributed by atoms with Crippen LogP contribution in [-0.4, -0.2) is 39.5 Å². The van der Waals surface area contributed by atoms with E-state index in [1.807, 2.05) is 0 Å². The van der Waals surface area contributed by atoms with Gasteiger partial charge in [-0.15, -0.1) is 11.6 Å². The molecule has 0 aromatic carbocycles. The van der Waals surface area contributed by atoms with Crippen LogP contribution in [0, 0.1) is 46.3 Å². The van der Waals surface area contributed by atoms with Crippen molar-refractivity contribution < 1.29 is 15.3 Å². The maximum absolute atomic E-state index is 11.5. The van der Waals surface area contributed by atoms with Crippen LogP contribution in [0.4, 0.5) is 0 Å². The van der Waals surface area contributed by atoms with Crippen LogP contribution in [0.15, 0.2) is 0 Å². The fraction of sp³-hybridized carbons (Fsp3) is 1.00. The molecule has 3 N–H and O–H groups in total. The summed E-state index contributed by atoms with van der Waals surface area (Å²) in [5, 5.41) is 33.0. The maximum atomic E-state index is 11.5. The second-order valence-corrected chi connectivity index (χ2v) is 11.7. The van der Waals surface area contributed by atoms with Crippen LogP contribution in [0.3, 0.4) is 0 Å². The number of aliphatic hydroxyl groups is 3. The van der Waals surface area contributed by atoms with Crippen LogP contribution in [0.1, 0.15) is 78.6 Å². The van der Waals surface area contributed by atoms with E-state index in [-0.39, 0.29) is 29.1 Å². The first-order valence-electron chi connectivity index (χ1n) is 11.8. The van der Waals surface area contributed by atoms with Gasteiger partial charge in [0.15, 0.2) is 0 Å². The van der Waals surface area contributed by atoms with Gasteiger partial charge in [-0.3, -0.25) is 0 Å². The molecular weight excluding hydrogens is 372 g/mol. The zero-order chi connectivity index (χ0) is 20.3. The number of alkyl halides is 1. The Balaban J connectivity index is 1.62. The largest absolute Gasteiger partial charge is 0.393 e. The Morgan fingerprint density at radius 3 is 2.46 bits per heavy atom. The molecular formula is C24H41ClO3. The normalized spacial score (nSPS) is 54.5.